The number of carboxylic acids is 1. The van der Waals surface area contributed by atoms with E-state index in [1.807, 2.05) is 6.92 Å². The Morgan fingerprint density at radius 1 is 1.45 bits per heavy atom. The highest BCUT2D eigenvalue weighted by Crippen LogP contribution is 2.19. The van der Waals surface area contributed by atoms with Gasteiger partial charge in [0, 0.05) is 6.42 Å². The molecule has 5 nitrogen and oxygen atoms in total. The molecule has 1 amide bonds. The van der Waals surface area contributed by atoms with E-state index >= 15 is 0 Å². The van der Waals surface area contributed by atoms with E-state index in [1.165, 1.54) is 0 Å². The molecular formula is C15H20N2O3. The molecule has 0 aliphatic carbocycles. The van der Waals surface area contributed by atoms with Crippen molar-refractivity contribution in [2.24, 2.45) is 5.92 Å². The van der Waals surface area contributed by atoms with Crippen LogP contribution in [-0.4, -0.2) is 30.1 Å². The van der Waals surface area contributed by atoms with Gasteiger partial charge in [-0.3, -0.25) is 4.79 Å². The molecular weight excluding hydrogens is 256 g/mol. The Bertz CT molecular complexity index is 508. The fraction of sp³-hybridized carbons (Fsp3) is 0.467. The minimum absolute atomic E-state index is 0.122. The molecule has 1 unspecified atom stereocenters. The molecule has 0 saturated carbocycles. The first kappa shape index (κ1) is 14.5. The molecule has 1 fully saturated rings. The van der Waals surface area contributed by atoms with Crippen molar-refractivity contribution in [1.29, 1.82) is 0 Å². The number of nitrogens with one attached hydrogen (secondary N) is 2. The highest BCUT2D eigenvalue weighted by atomic mass is 16.4. The highest BCUT2D eigenvalue weighted by Gasteiger charge is 2.17. The molecule has 0 aromatic heterocycles. The average molecular weight is 276 g/mol. The number of benzene rings is 1. The van der Waals surface area contributed by atoms with E-state index in [-0.39, 0.29) is 11.5 Å². The van der Waals surface area contributed by atoms with Gasteiger partial charge in [-0.1, -0.05) is 11.6 Å². The Morgan fingerprint density at radius 2 is 2.25 bits per heavy atom. The number of aryl methyl sites for hydroxylation is 1. The fourth-order valence-corrected chi connectivity index (χ4v) is 2.45. The molecule has 1 aliphatic rings. The van der Waals surface area contributed by atoms with E-state index in [0.717, 1.165) is 31.5 Å². The summed E-state index contributed by atoms with van der Waals surface area (Å²) in [7, 11) is 0. The molecule has 20 heavy (non-hydrogen) atoms. The third-order valence-corrected chi connectivity index (χ3v) is 3.62. The lowest BCUT2D eigenvalue weighted by atomic mass is 10.0. The molecule has 3 N–H and O–H groups in total. The van der Waals surface area contributed by atoms with Crippen molar-refractivity contribution in [3.05, 3.63) is 29.3 Å². The molecule has 1 aromatic rings. The predicted molar refractivity (Wildman–Crippen MR) is 77.0 cm³/mol. The normalized spacial score (nSPS) is 17.9. The van der Waals surface area contributed by atoms with Crippen molar-refractivity contribution >= 4 is 17.6 Å². The number of aromatic carboxylic acids is 1. The van der Waals surface area contributed by atoms with Gasteiger partial charge in [0.05, 0.1) is 11.3 Å². The highest BCUT2D eigenvalue weighted by molar-refractivity contribution is 6.00. The summed E-state index contributed by atoms with van der Waals surface area (Å²) in [5, 5.41) is 15.1. The Kier molecular flexibility index (Phi) is 4.74. The summed E-state index contributed by atoms with van der Waals surface area (Å²) >= 11 is 0. The van der Waals surface area contributed by atoms with Gasteiger partial charge in [-0.05, 0) is 50.9 Å². The number of hydrogen-bond acceptors (Lipinski definition) is 3. The molecule has 1 heterocycles. The van der Waals surface area contributed by atoms with Crippen molar-refractivity contribution in [2.45, 2.75) is 26.2 Å². The van der Waals surface area contributed by atoms with Crippen LogP contribution in [0.5, 0.6) is 0 Å². The van der Waals surface area contributed by atoms with Gasteiger partial charge in [0.1, 0.15) is 0 Å². The number of rotatable bonds is 5. The third-order valence-electron chi connectivity index (χ3n) is 3.62. The number of anilines is 1. The minimum atomic E-state index is -1.02. The maximum Gasteiger partial charge on any atom is 0.337 e. The maximum atomic E-state index is 11.9. The van der Waals surface area contributed by atoms with E-state index in [4.69, 9.17) is 5.11 Å². The SMILES string of the molecule is Cc1ccc(NC(=O)CCC2CCNC2)c(C(=O)O)c1. The summed E-state index contributed by atoms with van der Waals surface area (Å²) in [6.07, 6.45) is 2.38. The van der Waals surface area contributed by atoms with Gasteiger partial charge >= 0.3 is 5.97 Å². The fourth-order valence-electron chi connectivity index (χ4n) is 2.45. The summed E-state index contributed by atoms with van der Waals surface area (Å²) in [4.78, 5) is 23.1. The van der Waals surface area contributed by atoms with Gasteiger partial charge in [0.25, 0.3) is 0 Å². The second-order valence-corrected chi connectivity index (χ2v) is 5.30. The van der Waals surface area contributed by atoms with Crippen LogP contribution in [0.1, 0.15) is 35.2 Å². The quantitative estimate of drug-likeness (QED) is 0.769. The molecule has 1 saturated heterocycles. The monoisotopic (exact) mass is 276 g/mol. The zero-order valence-corrected chi connectivity index (χ0v) is 11.6. The van der Waals surface area contributed by atoms with Crippen LogP contribution in [-0.2, 0) is 4.79 Å². The molecule has 0 spiro atoms. The number of carboxylic acid groups (broad SMARTS) is 1. The Balaban J connectivity index is 1.94. The van der Waals surface area contributed by atoms with Crippen LogP contribution in [0.15, 0.2) is 18.2 Å². The summed E-state index contributed by atoms with van der Waals surface area (Å²) in [6, 6.07) is 5.01. The zero-order valence-electron chi connectivity index (χ0n) is 11.6. The van der Waals surface area contributed by atoms with Gasteiger partial charge in [-0.25, -0.2) is 4.79 Å². The number of carbonyl (C=O) groups excluding carboxylic acids is 1. The first-order valence-electron chi connectivity index (χ1n) is 6.91. The number of carbonyl (C=O) groups is 2. The third kappa shape index (κ3) is 3.81. The van der Waals surface area contributed by atoms with E-state index in [9.17, 15) is 9.59 Å². The van der Waals surface area contributed by atoms with Crippen LogP contribution >= 0.6 is 0 Å². The predicted octanol–water partition coefficient (Wildman–Crippen LogP) is 2.02. The first-order chi connectivity index (χ1) is 9.56. The smallest absolute Gasteiger partial charge is 0.337 e. The Morgan fingerprint density at radius 3 is 2.90 bits per heavy atom. The van der Waals surface area contributed by atoms with Gasteiger partial charge in [0.2, 0.25) is 5.91 Å². The number of hydrogen-bond donors (Lipinski definition) is 3. The molecule has 108 valence electrons. The Hall–Kier alpha value is -1.88. The Labute approximate surface area is 118 Å². The topological polar surface area (TPSA) is 78.4 Å². The van der Waals surface area contributed by atoms with Crippen molar-refractivity contribution in [3.8, 4) is 0 Å². The van der Waals surface area contributed by atoms with Gasteiger partial charge in [0.15, 0.2) is 0 Å². The number of amides is 1. The molecule has 1 aromatic carbocycles. The molecule has 1 aliphatic heterocycles. The van der Waals surface area contributed by atoms with Crippen LogP contribution in [0.3, 0.4) is 0 Å². The van der Waals surface area contributed by atoms with Crippen molar-refractivity contribution in [3.63, 3.8) is 0 Å². The standard InChI is InChI=1S/C15H20N2O3/c1-10-2-4-13(12(8-10)15(19)20)17-14(18)5-3-11-6-7-16-9-11/h2,4,8,11,16H,3,5-7,9H2,1H3,(H,17,18)(H,19,20). The molecule has 0 bridgehead atoms. The van der Waals surface area contributed by atoms with E-state index in [0.29, 0.717) is 18.0 Å². The van der Waals surface area contributed by atoms with Crippen LogP contribution in [0.4, 0.5) is 5.69 Å². The zero-order chi connectivity index (χ0) is 14.5. The minimum Gasteiger partial charge on any atom is -0.478 e. The molecule has 1 atom stereocenters. The van der Waals surface area contributed by atoms with Crippen LogP contribution in [0.25, 0.3) is 0 Å². The summed E-state index contributed by atoms with van der Waals surface area (Å²) in [5.41, 5.74) is 1.37. The molecule has 5 heteroatoms. The lowest BCUT2D eigenvalue weighted by molar-refractivity contribution is -0.116. The first-order valence-corrected chi connectivity index (χ1v) is 6.91. The van der Waals surface area contributed by atoms with E-state index in [1.54, 1.807) is 18.2 Å². The van der Waals surface area contributed by atoms with Gasteiger partial charge in [-0.15, -0.1) is 0 Å². The lowest BCUT2D eigenvalue weighted by Gasteiger charge is -2.11. The van der Waals surface area contributed by atoms with Crippen LogP contribution in [0.2, 0.25) is 0 Å². The van der Waals surface area contributed by atoms with E-state index < -0.39 is 5.97 Å². The maximum absolute atomic E-state index is 11.9. The molecule has 2 rings (SSSR count). The summed E-state index contributed by atoms with van der Waals surface area (Å²) in [6.45, 7) is 3.82. The average Bonchev–Trinajstić information content (AvgIpc) is 2.91. The lowest BCUT2D eigenvalue weighted by Crippen LogP contribution is -2.16. The van der Waals surface area contributed by atoms with Gasteiger partial charge < -0.3 is 15.7 Å². The van der Waals surface area contributed by atoms with Crippen molar-refractivity contribution in [2.75, 3.05) is 18.4 Å². The van der Waals surface area contributed by atoms with Gasteiger partial charge in [-0.2, -0.15) is 0 Å². The second kappa shape index (κ2) is 6.52. The second-order valence-electron chi connectivity index (χ2n) is 5.30. The van der Waals surface area contributed by atoms with Crippen molar-refractivity contribution < 1.29 is 14.7 Å². The largest absolute Gasteiger partial charge is 0.478 e. The molecule has 0 radical (unpaired) electrons. The van der Waals surface area contributed by atoms with E-state index in [2.05, 4.69) is 10.6 Å². The summed E-state index contributed by atoms with van der Waals surface area (Å²) < 4.78 is 0. The van der Waals surface area contributed by atoms with Crippen LogP contribution < -0.4 is 10.6 Å². The van der Waals surface area contributed by atoms with Crippen LogP contribution in [0, 0.1) is 12.8 Å². The van der Waals surface area contributed by atoms with Crippen molar-refractivity contribution in [1.82, 2.24) is 5.32 Å². The summed E-state index contributed by atoms with van der Waals surface area (Å²) in [5.74, 6) is -0.593.